The van der Waals surface area contributed by atoms with Crippen molar-refractivity contribution < 1.29 is 23.8 Å². The van der Waals surface area contributed by atoms with E-state index in [4.69, 9.17) is 14.2 Å². The van der Waals surface area contributed by atoms with Gasteiger partial charge in [-0.25, -0.2) is 4.79 Å². The lowest BCUT2D eigenvalue weighted by Gasteiger charge is -2.11. The van der Waals surface area contributed by atoms with Crippen LogP contribution in [0.4, 0.5) is 5.69 Å². The summed E-state index contributed by atoms with van der Waals surface area (Å²) in [5.41, 5.74) is 2.07. The molecule has 1 aliphatic heterocycles. The molecule has 6 heteroatoms. The molecule has 0 unspecified atom stereocenters. The number of hydrogen-bond donors (Lipinski definition) is 1. The number of hydrogen-bond acceptors (Lipinski definition) is 5. The number of anilines is 1. The fraction of sp³-hybridized carbons (Fsp3) is 0.333. The molecule has 1 amide bonds. The van der Waals surface area contributed by atoms with E-state index in [1.807, 2.05) is 25.1 Å². The van der Waals surface area contributed by atoms with E-state index in [-0.39, 0.29) is 18.6 Å². The lowest BCUT2D eigenvalue weighted by molar-refractivity contribution is -0.119. The van der Waals surface area contributed by atoms with Crippen LogP contribution >= 0.6 is 0 Å². The Bertz CT molecular complexity index is 781. The number of carbonyl (C=O) groups excluding carboxylic acids is 2. The minimum Gasteiger partial charge on any atom is -0.491 e. The third kappa shape index (κ3) is 5.82. The topological polar surface area (TPSA) is 73.9 Å². The summed E-state index contributed by atoms with van der Waals surface area (Å²) in [6, 6.07) is 14.0. The molecule has 0 bridgehead atoms. The molecule has 0 radical (unpaired) electrons. The zero-order valence-corrected chi connectivity index (χ0v) is 15.3. The van der Waals surface area contributed by atoms with E-state index in [1.165, 1.54) is 0 Å². The van der Waals surface area contributed by atoms with Gasteiger partial charge in [-0.05, 0) is 61.7 Å². The number of aryl methyl sites for hydroxylation is 1. The van der Waals surface area contributed by atoms with E-state index in [0.717, 1.165) is 25.0 Å². The van der Waals surface area contributed by atoms with Crippen LogP contribution in [0.2, 0.25) is 0 Å². The number of rotatable bonds is 7. The molecule has 27 heavy (non-hydrogen) atoms. The highest BCUT2D eigenvalue weighted by atomic mass is 16.5. The second kappa shape index (κ2) is 9.19. The van der Waals surface area contributed by atoms with E-state index in [9.17, 15) is 9.59 Å². The molecular weight excluding hydrogens is 346 g/mol. The highest BCUT2D eigenvalue weighted by Gasteiger charge is 2.16. The van der Waals surface area contributed by atoms with Crippen molar-refractivity contribution in [2.45, 2.75) is 25.9 Å². The number of ether oxygens (including phenoxy) is 3. The zero-order valence-electron chi connectivity index (χ0n) is 15.3. The smallest absolute Gasteiger partial charge is 0.338 e. The Balaban J connectivity index is 1.43. The molecule has 0 aromatic heterocycles. The van der Waals surface area contributed by atoms with Crippen molar-refractivity contribution in [1.29, 1.82) is 0 Å². The van der Waals surface area contributed by atoms with E-state index in [1.54, 1.807) is 30.3 Å². The summed E-state index contributed by atoms with van der Waals surface area (Å²) < 4.78 is 16.2. The Kier molecular flexibility index (Phi) is 6.44. The Labute approximate surface area is 158 Å². The van der Waals surface area contributed by atoms with Gasteiger partial charge in [-0.1, -0.05) is 12.1 Å². The molecule has 1 heterocycles. The van der Waals surface area contributed by atoms with Gasteiger partial charge < -0.3 is 19.5 Å². The molecule has 1 aliphatic rings. The lowest BCUT2D eigenvalue weighted by atomic mass is 10.2. The molecule has 1 N–H and O–H groups in total. The number of benzene rings is 2. The van der Waals surface area contributed by atoms with Crippen LogP contribution in [0.15, 0.2) is 48.5 Å². The average molecular weight is 369 g/mol. The van der Waals surface area contributed by atoms with Gasteiger partial charge in [-0.15, -0.1) is 0 Å². The summed E-state index contributed by atoms with van der Waals surface area (Å²) in [6.45, 7) is 2.88. The summed E-state index contributed by atoms with van der Waals surface area (Å²) >= 11 is 0. The highest BCUT2D eigenvalue weighted by Crippen LogP contribution is 2.17. The highest BCUT2D eigenvalue weighted by molar-refractivity contribution is 5.95. The van der Waals surface area contributed by atoms with Gasteiger partial charge in [0.05, 0.1) is 11.7 Å². The predicted molar refractivity (Wildman–Crippen MR) is 101 cm³/mol. The molecule has 2 aromatic rings. The number of esters is 1. The first kappa shape index (κ1) is 18.9. The van der Waals surface area contributed by atoms with Crippen molar-refractivity contribution in [2.24, 2.45) is 0 Å². The van der Waals surface area contributed by atoms with E-state index in [2.05, 4.69) is 5.32 Å². The van der Waals surface area contributed by atoms with Gasteiger partial charge in [0.1, 0.15) is 12.4 Å². The maximum absolute atomic E-state index is 12.1. The lowest BCUT2D eigenvalue weighted by Crippen LogP contribution is -2.21. The van der Waals surface area contributed by atoms with Gasteiger partial charge in [0.15, 0.2) is 6.61 Å². The molecule has 1 saturated heterocycles. The van der Waals surface area contributed by atoms with Crippen LogP contribution in [-0.2, 0) is 14.3 Å². The first-order chi connectivity index (χ1) is 13.1. The van der Waals surface area contributed by atoms with Crippen LogP contribution < -0.4 is 10.1 Å². The average Bonchev–Trinajstić information content (AvgIpc) is 3.18. The van der Waals surface area contributed by atoms with Crippen LogP contribution in [0.25, 0.3) is 0 Å². The van der Waals surface area contributed by atoms with Gasteiger partial charge in [0, 0.05) is 12.3 Å². The summed E-state index contributed by atoms with van der Waals surface area (Å²) in [5, 5.41) is 2.69. The fourth-order valence-electron chi connectivity index (χ4n) is 2.79. The van der Waals surface area contributed by atoms with Gasteiger partial charge in [-0.3, -0.25) is 4.79 Å². The first-order valence-corrected chi connectivity index (χ1v) is 8.98. The first-order valence-electron chi connectivity index (χ1n) is 8.98. The van der Waals surface area contributed by atoms with Crippen LogP contribution in [0.3, 0.4) is 0 Å². The summed E-state index contributed by atoms with van der Waals surface area (Å²) in [6.07, 6.45) is 2.22. The van der Waals surface area contributed by atoms with E-state index >= 15 is 0 Å². The van der Waals surface area contributed by atoms with Crippen LogP contribution in [0, 0.1) is 6.92 Å². The van der Waals surface area contributed by atoms with Gasteiger partial charge in [0.25, 0.3) is 5.91 Å². The van der Waals surface area contributed by atoms with Gasteiger partial charge in [-0.2, -0.15) is 0 Å². The quantitative estimate of drug-likeness (QED) is 0.758. The van der Waals surface area contributed by atoms with Crippen molar-refractivity contribution in [1.82, 2.24) is 0 Å². The zero-order chi connectivity index (χ0) is 19.1. The monoisotopic (exact) mass is 369 g/mol. The van der Waals surface area contributed by atoms with Gasteiger partial charge >= 0.3 is 5.97 Å². The molecule has 0 aliphatic carbocycles. The Hall–Kier alpha value is -2.86. The Morgan fingerprint density at radius 2 is 2.00 bits per heavy atom. The molecular formula is C21H23NO5. The molecule has 1 atom stereocenters. The fourth-order valence-corrected chi connectivity index (χ4v) is 2.79. The Morgan fingerprint density at radius 3 is 2.70 bits per heavy atom. The summed E-state index contributed by atoms with van der Waals surface area (Å²) in [7, 11) is 0. The van der Waals surface area contributed by atoms with Crippen LogP contribution in [0.1, 0.15) is 28.8 Å². The molecule has 2 aromatic carbocycles. The van der Waals surface area contributed by atoms with Crippen molar-refractivity contribution >= 4 is 17.6 Å². The summed E-state index contributed by atoms with van der Waals surface area (Å²) in [4.78, 5) is 24.0. The minimum absolute atomic E-state index is 0.140. The summed E-state index contributed by atoms with van der Waals surface area (Å²) in [5.74, 6) is -0.273. The minimum atomic E-state index is -0.555. The normalized spacial score (nSPS) is 16.0. The third-order valence-corrected chi connectivity index (χ3v) is 4.19. The molecule has 0 saturated carbocycles. The van der Waals surface area contributed by atoms with Crippen LogP contribution in [0.5, 0.6) is 5.75 Å². The number of amides is 1. The molecule has 142 valence electrons. The third-order valence-electron chi connectivity index (χ3n) is 4.19. The number of carbonyl (C=O) groups is 2. The van der Waals surface area contributed by atoms with Crippen molar-refractivity contribution in [3.05, 3.63) is 59.7 Å². The van der Waals surface area contributed by atoms with Crippen molar-refractivity contribution in [3.63, 3.8) is 0 Å². The van der Waals surface area contributed by atoms with E-state index in [0.29, 0.717) is 23.6 Å². The largest absolute Gasteiger partial charge is 0.491 e. The Morgan fingerprint density at radius 1 is 1.19 bits per heavy atom. The second-order valence-electron chi connectivity index (χ2n) is 6.46. The maximum Gasteiger partial charge on any atom is 0.338 e. The molecule has 0 spiro atoms. The standard InChI is InChI=1S/C21H23NO5/c1-15-4-2-5-17(12-15)22-20(23)14-27-21(24)16-7-9-18(10-8-16)26-13-19-6-3-11-25-19/h2,4-5,7-10,12,19H,3,6,11,13-14H2,1H3,(H,22,23)/t19-/m0/s1. The molecule has 1 fully saturated rings. The maximum atomic E-state index is 12.1. The van der Waals surface area contributed by atoms with Crippen molar-refractivity contribution in [2.75, 3.05) is 25.1 Å². The van der Waals surface area contributed by atoms with Crippen molar-refractivity contribution in [3.8, 4) is 5.75 Å². The number of nitrogens with one attached hydrogen (secondary N) is 1. The second-order valence-corrected chi connectivity index (χ2v) is 6.46. The van der Waals surface area contributed by atoms with Gasteiger partial charge in [0.2, 0.25) is 0 Å². The SMILES string of the molecule is Cc1cccc(NC(=O)COC(=O)c2ccc(OC[C@@H]3CCCO3)cc2)c1. The van der Waals surface area contributed by atoms with Crippen LogP contribution in [-0.4, -0.2) is 37.8 Å². The molecule has 6 nitrogen and oxygen atoms in total. The van der Waals surface area contributed by atoms with E-state index < -0.39 is 5.97 Å². The molecule has 3 rings (SSSR count). The predicted octanol–water partition coefficient (Wildman–Crippen LogP) is 3.35.